The SMILES string of the molecule is CC.CC#CC(C)(C)C(F)(F)F. The Balaban J connectivity index is 0. The lowest BCUT2D eigenvalue weighted by Crippen LogP contribution is -2.30. The Morgan fingerprint density at radius 2 is 1.33 bits per heavy atom. The second kappa shape index (κ2) is 5.08. The van der Waals surface area contributed by atoms with E-state index in [0.717, 1.165) is 13.8 Å². The standard InChI is InChI=1S/C7H9F3.C2H6/c1-4-5-6(2,3)7(8,9)10;1-2/h1-3H3;1-2H3. The summed E-state index contributed by atoms with van der Waals surface area (Å²) in [6, 6.07) is 0. The molecule has 12 heavy (non-hydrogen) atoms. The first-order chi connectivity index (χ1) is 5.31. The molecule has 3 heteroatoms. The summed E-state index contributed by atoms with van der Waals surface area (Å²) in [6.07, 6.45) is -4.23. The van der Waals surface area contributed by atoms with E-state index in [4.69, 9.17) is 0 Å². The van der Waals surface area contributed by atoms with Gasteiger partial charge in [-0.3, -0.25) is 0 Å². The summed E-state index contributed by atoms with van der Waals surface area (Å²) in [5.41, 5.74) is -1.87. The van der Waals surface area contributed by atoms with Crippen molar-refractivity contribution >= 4 is 0 Å². The van der Waals surface area contributed by atoms with Crippen molar-refractivity contribution in [2.45, 2.75) is 40.8 Å². The zero-order valence-electron chi connectivity index (χ0n) is 8.13. The van der Waals surface area contributed by atoms with E-state index >= 15 is 0 Å². The van der Waals surface area contributed by atoms with Crippen LogP contribution in [-0.2, 0) is 0 Å². The monoisotopic (exact) mass is 180 g/mol. The van der Waals surface area contributed by atoms with Gasteiger partial charge >= 0.3 is 6.18 Å². The van der Waals surface area contributed by atoms with Crippen LogP contribution in [0.2, 0.25) is 0 Å². The molecule has 0 spiro atoms. The number of alkyl halides is 3. The minimum absolute atomic E-state index is 1.06. The van der Waals surface area contributed by atoms with Crippen LogP contribution in [0.5, 0.6) is 0 Å². The van der Waals surface area contributed by atoms with E-state index in [0.29, 0.717) is 0 Å². The summed E-state index contributed by atoms with van der Waals surface area (Å²) in [5, 5.41) is 0. The van der Waals surface area contributed by atoms with Crippen LogP contribution in [0.4, 0.5) is 13.2 Å². The molecule has 0 aromatic rings. The Morgan fingerprint density at radius 3 is 1.42 bits per heavy atom. The third-order valence-corrected chi connectivity index (χ3v) is 1.15. The molecule has 0 aromatic carbocycles. The molecule has 0 N–H and O–H groups in total. The first-order valence-electron chi connectivity index (χ1n) is 3.82. The Bertz CT molecular complexity index is 166. The van der Waals surface area contributed by atoms with Crippen LogP contribution in [0.3, 0.4) is 0 Å². The van der Waals surface area contributed by atoms with Gasteiger partial charge in [0.2, 0.25) is 0 Å². The summed E-state index contributed by atoms with van der Waals surface area (Å²) in [4.78, 5) is 0. The Morgan fingerprint density at radius 1 is 1.00 bits per heavy atom. The maximum Gasteiger partial charge on any atom is 0.404 e. The van der Waals surface area contributed by atoms with Gasteiger partial charge in [-0.05, 0) is 20.8 Å². The van der Waals surface area contributed by atoms with Crippen LogP contribution < -0.4 is 0 Å². The topological polar surface area (TPSA) is 0 Å². The molecule has 0 saturated carbocycles. The van der Waals surface area contributed by atoms with Crippen molar-refractivity contribution in [1.82, 2.24) is 0 Å². The molecular weight excluding hydrogens is 165 g/mol. The number of hydrogen-bond acceptors (Lipinski definition) is 0. The second-order valence-electron chi connectivity index (χ2n) is 2.50. The first-order valence-corrected chi connectivity index (χ1v) is 3.82. The van der Waals surface area contributed by atoms with Crippen LogP contribution in [0, 0.1) is 17.3 Å². The summed E-state index contributed by atoms with van der Waals surface area (Å²) >= 11 is 0. The van der Waals surface area contributed by atoms with Gasteiger partial charge in [-0.25, -0.2) is 0 Å². The van der Waals surface area contributed by atoms with Gasteiger partial charge < -0.3 is 0 Å². The van der Waals surface area contributed by atoms with Gasteiger partial charge in [-0.15, -0.1) is 5.92 Å². The van der Waals surface area contributed by atoms with Crippen molar-refractivity contribution < 1.29 is 13.2 Å². The Kier molecular flexibility index (Phi) is 5.88. The molecular formula is C9H15F3. The highest BCUT2D eigenvalue weighted by Gasteiger charge is 2.45. The fraction of sp³-hybridized carbons (Fsp3) is 0.778. The smallest absolute Gasteiger partial charge is 0.169 e. The fourth-order valence-electron chi connectivity index (χ4n) is 0.383. The molecule has 0 rings (SSSR count). The lowest BCUT2D eigenvalue weighted by atomic mass is 9.94. The average Bonchev–Trinajstić information content (AvgIpc) is 1.89. The molecule has 0 radical (unpaired) electrons. The molecule has 0 amide bonds. The quantitative estimate of drug-likeness (QED) is 0.499. The van der Waals surface area contributed by atoms with Gasteiger partial charge in [0.05, 0.1) is 0 Å². The summed E-state index contributed by atoms with van der Waals surface area (Å²) in [7, 11) is 0. The van der Waals surface area contributed by atoms with E-state index in [-0.39, 0.29) is 0 Å². The zero-order valence-corrected chi connectivity index (χ0v) is 8.13. The molecule has 72 valence electrons. The lowest BCUT2D eigenvalue weighted by molar-refractivity contribution is -0.190. The van der Waals surface area contributed by atoms with Crippen LogP contribution in [0.15, 0.2) is 0 Å². The third-order valence-electron chi connectivity index (χ3n) is 1.15. The highest BCUT2D eigenvalue weighted by molar-refractivity contribution is 5.09. The predicted molar refractivity (Wildman–Crippen MR) is 44.6 cm³/mol. The molecule has 0 saturated heterocycles. The van der Waals surface area contributed by atoms with E-state index < -0.39 is 11.6 Å². The highest BCUT2D eigenvalue weighted by atomic mass is 19.4. The third kappa shape index (κ3) is 4.27. The van der Waals surface area contributed by atoms with Gasteiger partial charge in [0.15, 0.2) is 0 Å². The first kappa shape index (κ1) is 13.9. The van der Waals surface area contributed by atoms with Crippen LogP contribution >= 0.6 is 0 Å². The highest BCUT2D eigenvalue weighted by Crippen LogP contribution is 2.36. The Hall–Kier alpha value is -0.650. The van der Waals surface area contributed by atoms with E-state index in [9.17, 15) is 13.2 Å². The molecule has 0 aliphatic heterocycles. The average molecular weight is 180 g/mol. The number of rotatable bonds is 0. The van der Waals surface area contributed by atoms with Crippen molar-refractivity contribution in [3.05, 3.63) is 0 Å². The van der Waals surface area contributed by atoms with Gasteiger partial charge in [-0.1, -0.05) is 19.8 Å². The van der Waals surface area contributed by atoms with E-state index in [1.165, 1.54) is 6.92 Å². The van der Waals surface area contributed by atoms with Crippen molar-refractivity contribution in [2.75, 3.05) is 0 Å². The normalized spacial score (nSPS) is 10.7. The van der Waals surface area contributed by atoms with Gasteiger partial charge in [-0.2, -0.15) is 13.2 Å². The van der Waals surface area contributed by atoms with Crippen molar-refractivity contribution in [2.24, 2.45) is 5.41 Å². The summed E-state index contributed by atoms with van der Waals surface area (Å²) in [5.74, 6) is 4.33. The maximum atomic E-state index is 11.9. The van der Waals surface area contributed by atoms with Crippen molar-refractivity contribution in [3.8, 4) is 11.8 Å². The molecule has 0 aliphatic rings. The largest absolute Gasteiger partial charge is 0.404 e. The van der Waals surface area contributed by atoms with Gasteiger partial charge in [0.25, 0.3) is 0 Å². The van der Waals surface area contributed by atoms with Crippen LogP contribution in [0.25, 0.3) is 0 Å². The second-order valence-corrected chi connectivity index (χ2v) is 2.50. The van der Waals surface area contributed by atoms with Crippen molar-refractivity contribution in [3.63, 3.8) is 0 Å². The maximum absolute atomic E-state index is 11.9. The molecule has 0 aromatic heterocycles. The number of halogens is 3. The van der Waals surface area contributed by atoms with E-state index in [1.54, 1.807) is 0 Å². The van der Waals surface area contributed by atoms with Crippen LogP contribution in [0.1, 0.15) is 34.6 Å². The van der Waals surface area contributed by atoms with Crippen molar-refractivity contribution in [1.29, 1.82) is 0 Å². The molecule has 0 bridgehead atoms. The zero-order chi connectivity index (χ0) is 10.4. The van der Waals surface area contributed by atoms with Gasteiger partial charge in [0.1, 0.15) is 5.41 Å². The fourth-order valence-corrected chi connectivity index (χ4v) is 0.383. The molecule has 0 heterocycles. The minimum atomic E-state index is -4.23. The lowest BCUT2D eigenvalue weighted by Gasteiger charge is -2.20. The summed E-state index contributed by atoms with van der Waals surface area (Å²) < 4.78 is 35.8. The van der Waals surface area contributed by atoms with E-state index in [2.05, 4.69) is 11.8 Å². The molecule has 0 aliphatic carbocycles. The predicted octanol–water partition coefficient (Wildman–Crippen LogP) is 3.62. The van der Waals surface area contributed by atoms with E-state index in [1.807, 2.05) is 13.8 Å². The molecule has 0 unspecified atom stereocenters. The molecule has 0 atom stereocenters. The molecule has 0 fully saturated rings. The van der Waals surface area contributed by atoms with Gasteiger partial charge in [0, 0.05) is 0 Å². The number of hydrogen-bond donors (Lipinski definition) is 0. The molecule has 0 nitrogen and oxygen atoms in total. The summed E-state index contributed by atoms with van der Waals surface area (Å²) in [6.45, 7) is 7.51. The van der Waals surface area contributed by atoms with Crippen LogP contribution in [-0.4, -0.2) is 6.18 Å². The minimum Gasteiger partial charge on any atom is -0.169 e. The Labute approximate surface area is 72.2 Å².